The fourth-order valence-electron chi connectivity index (χ4n) is 4.21. The molecule has 0 aliphatic carbocycles. The molecule has 2 aliphatic heterocycles. The molecule has 2 aromatic rings. The lowest BCUT2D eigenvalue weighted by atomic mass is 10.0. The lowest BCUT2D eigenvalue weighted by molar-refractivity contribution is -0.136. The minimum absolute atomic E-state index is 0.212. The Bertz CT molecular complexity index is 766. The molecule has 1 N–H and O–H groups in total. The number of phenols is 1. The molecule has 27 heavy (non-hydrogen) atoms. The number of amides is 1. The third-order valence-corrected chi connectivity index (χ3v) is 5.67. The Morgan fingerprint density at radius 3 is 2.11 bits per heavy atom. The quantitative estimate of drug-likeness (QED) is 0.905. The van der Waals surface area contributed by atoms with Crippen molar-refractivity contribution in [1.29, 1.82) is 0 Å². The van der Waals surface area contributed by atoms with Crippen molar-refractivity contribution in [2.24, 2.45) is 0 Å². The molecule has 0 unspecified atom stereocenters. The van der Waals surface area contributed by atoms with Crippen LogP contribution in [0.25, 0.3) is 0 Å². The van der Waals surface area contributed by atoms with Crippen molar-refractivity contribution in [3.8, 4) is 5.75 Å². The van der Waals surface area contributed by atoms with Gasteiger partial charge in [-0.25, -0.2) is 0 Å². The molecule has 0 spiro atoms. The first-order valence-corrected chi connectivity index (χ1v) is 9.85. The van der Waals surface area contributed by atoms with E-state index in [4.69, 9.17) is 0 Å². The van der Waals surface area contributed by atoms with Crippen LogP contribution in [0.1, 0.15) is 24.4 Å². The highest BCUT2D eigenvalue weighted by atomic mass is 16.3. The highest BCUT2D eigenvalue weighted by molar-refractivity contribution is 5.83. The van der Waals surface area contributed by atoms with E-state index >= 15 is 0 Å². The summed E-state index contributed by atoms with van der Waals surface area (Å²) < 4.78 is 0. The number of hydrogen-bond acceptors (Lipinski definition) is 4. The van der Waals surface area contributed by atoms with Crippen molar-refractivity contribution in [2.45, 2.75) is 18.9 Å². The van der Waals surface area contributed by atoms with Crippen LogP contribution in [0.2, 0.25) is 0 Å². The Morgan fingerprint density at radius 2 is 1.44 bits per heavy atom. The van der Waals surface area contributed by atoms with Crippen molar-refractivity contribution in [1.82, 2.24) is 9.80 Å². The largest absolute Gasteiger partial charge is 0.506 e. The molecule has 2 heterocycles. The number of aromatic hydroxyl groups is 1. The third-order valence-electron chi connectivity index (χ3n) is 5.67. The Hall–Kier alpha value is -2.53. The summed E-state index contributed by atoms with van der Waals surface area (Å²) in [6, 6.07) is 17.4. The SMILES string of the molecule is O=C([C@@H](c1ccccc1)N1CCN(c2ccccc2O)CC1)N1CCCC1. The van der Waals surface area contributed by atoms with Crippen LogP contribution in [0, 0.1) is 0 Å². The molecule has 5 heteroatoms. The molecule has 0 aromatic heterocycles. The fraction of sp³-hybridized carbons (Fsp3) is 0.409. The van der Waals surface area contributed by atoms with Crippen LogP contribution in [0.3, 0.4) is 0 Å². The Morgan fingerprint density at radius 1 is 0.815 bits per heavy atom. The topological polar surface area (TPSA) is 47.0 Å². The molecule has 0 radical (unpaired) electrons. The summed E-state index contributed by atoms with van der Waals surface area (Å²) in [6.07, 6.45) is 2.21. The van der Waals surface area contributed by atoms with Crippen LogP contribution >= 0.6 is 0 Å². The van der Waals surface area contributed by atoms with Crippen LogP contribution < -0.4 is 4.90 Å². The number of piperazine rings is 1. The number of rotatable bonds is 4. The second-order valence-electron chi connectivity index (χ2n) is 7.36. The van der Waals surface area contributed by atoms with E-state index in [0.717, 1.165) is 63.4 Å². The van der Waals surface area contributed by atoms with Crippen molar-refractivity contribution in [3.63, 3.8) is 0 Å². The van der Waals surface area contributed by atoms with Gasteiger partial charge in [-0.3, -0.25) is 9.69 Å². The zero-order valence-electron chi connectivity index (χ0n) is 15.6. The third kappa shape index (κ3) is 3.78. The average molecular weight is 365 g/mol. The summed E-state index contributed by atoms with van der Waals surface area (Å²) in [5.41, 5.74) is 1.95. The van der Waals surface area contributed by atoms with E-state index in [1.165, 1.54) is 0 Å². The summed E-state index contributed by atoms with van der Waals surface area (Å²) >= 11 is 0. The second kappa shape index (κ2) is 8.01. The fourth-order valence-corrected chi connectivity index (χ4v) is 4.21. The first kappa shape index (κ1) is 17.9. The molecule has 1 atom stereocenters. The molecular weight excluding hydrogens is 338 g/mol. The molecule has 0 saturated carbocycles. The Labute approximate surface area is 160 Å². The molecule has 142 valence electrons. The maximum absolute atomic E-state index is 13.3. The van der Waals surface area contributed by atoms with Gasteiger partial charge in [-0.15, -0.1) is 0 Å². The van der Waals surface area contributed by atoms with Crippen LogP contribution in [-0.4, -0.2) is 60.1 Å². The van der Waals surface area contributed by atoms with Gasteiger partial charge in [0, 0.05) is 39.3 Å². The standard InChI is InChI=1S/C22H27N3O2/c26-20-11-5-4-10-19(20)23-14-16-24(17-15-23)21(18-8-2-1-3-9-18)22(27)25-12-6-7-13-25/h1-5,8-11,21,26H,6-7,12-17H2/t21-/m1/s1. The molecule has 4 rings (SSSR count). The van der Waals surface area contributed by atoms with E-state index in [2.05, 4.69) is 21.9 Å². The lowest BCUT2D eigenvalue weighted by Crippen LogP contribution is -2.51. The zero-order chi connectivity index (χ0) is 18.6. The highest BCUT2D eigenvalue weighted by Crippen LogP contribution is 2.30. The number of nitrogens with zero attached hydrogens (tertiary/aromatic N) is 3. The van der Waals surface area contributed by atoms with E-state index in [0.29, 0.717) is 5.75 Å². The van der Waals surface area contributed by atoms with Crippen LogP contribution in [0.15, 0.2) is 54.6 Å². The van der Waals surface area contributed by atoms with Crippen molar-refractivity contribution < 1.29 is 9.90 Å². The number of para-hydroxylation sites is 2. The average Bonchev–Trinajstić information content (AvgIpc) is 3.25. The number of carbonyl (C=O) groups excluding carboxylic acids is 1. The highest BCUT2D eigenvalue weighted by Gasteiger charge is 2.34. The minimum atomic E-state index is -0.212. The second-order valence-corrected chi connectivity index (χ2v) is 7.36. The van der Waals surface area contributed by atoms with Gasteiger partial charge in [0.15, 0.2) is 0 Å². The molecule has 2 aromatic carbocycles. The van der Waals surface area contributed by atoms with Gasteiger partial charge >= 0.3 is 0 Å². The summed E-state index contributed by atoms with van der Waals surface area (Å²) in [6.45, 7) is 4.95. The number of hydrogen-bond donors (Lipinski definition) is 1. The van der Waals surface area contributed by atoms with Crippen LogP contribution in [-0.2, 0) is 4.79 Å². The Kier molecular flexibility index (Phi) is 5.30. The van der Waals surface area contributed by atoms with Crippen molar-refractivity contribution in [3.05, 3.63) is 60.2 Å². The van der Waals surface area contributed by atoms with Gasteiger partial charge in [-0.2, -0.15) is 0 Å². The number of phenolic OH excluding ortho intramolecular Hbond substituents is 1. The number of likely N-dealkylation sites (tertiary alicyclic amines) is 1. The summed E-state index contributed by atoms with van der Waals surface area (Å²) in [4.78, 5) is 19.8. The predicted molar refractivity (Wildman–Crippen MR) is 107 cm³/mol. The van der Waals surface area contributed by atoms with Gasteiger partial charge in [0.1, 0.15) is 11.8 Å². The summed E-state index contributed by atoms with van der Waals surface area (Å²) in [7, 11) is 0. The number of carbonyl (C=O) groups is 1. The normalized spacial score (nSPS) is 19.3. The maximum atomic E-state index is 13.3. The van der Waals surface area contributed by atoms with E-state index in [9.17, 15) is 9.90 Å². The minimum Gasteiger partial charge on any atom is -0.506 e. The van der Waals surface area contributed by atoms with Gasteiger partial charge < -0.3 is 14.9 Å². The molecule has 0 bridgehead atoms. The number of anilines is 1. The molecule has 5 nitrogen and oxygen atoms in total. The van der Waals surface area contributed by atoms with Crippen molar-refractivity contribution >= 4 is 11.6 Å². The zero-order valence-corrected chi connectivity index (χ0v) is 15.6. The number of benzene rings is 2. The Balaban J connectivity index is 1.52. The van der Waals surface area contributed by atoms with E-state index in [1.54, 1.807) is 6.07 Å². The monoisotopic (exact) mass is 365 g/mol. The summed E-state index contributed by atoms with van der Waals surface area (Å²) in [5, 5.41) is 10.1. The molecule has 2 aliphatic rings. The van der Waals surface area contributed by atoms with Gasteiger partial charge in [0.05, 0.1) is 5.69 Å². The molecular formula is C22H27N3O2. The predicted octanol–water partition coefficient (Wildman–Crippen LogP) is 2.88. The maximum Gasteiger partial charge on any atom is 0.244 e. The van der Waals surface area contributed by atoms with Gasteiger partial charge in [0.25, 0.3) is 0 Å². The van der Waals surface area contributed by atoms with Crippen LogP contribution in [0.4, 0.5) is 5.69 Å². The lowest BCUT2D eigenvalue weighted by Gasteiger charge is -2.40. The molecule has 2 saturated heterocycles. The molecule has 2 fully saturated rings. The van der Waals surface area contributed by atoms with E-state index in [-0.39, 0.29) is 11.9 Å². The first-order chi connectivity index (χ1) is 13.2. The van der Waals surface area contributed by atoms with E-state index in [1.807, 2.05) is 41.3 Å². The van der Waals surface area contributed by atoms with Gasteiger partial charge in [-0.05, 0) is 30.5 Å². The van der Waals surface area contributed by atoms with Crippen LogP contribution in [0.5, 0.6) is 5.75 Å². The van der Waals surface area contributed by atoms with Gasteiger partial charge in [0.2, 0.25) is 5.91 Å². The summed E-state index contributed by atoms with van der Waals surface area (Å²) in [5.74, 6) is 0.549. The first-order valence-electron chi connectivity index (χ1n) is 9.85. The smallest absolute Gasteiger partial charge is 0.244 e. The van der Waals surface area contributed by atoms with E-state index < -0.39 is 0 Å². The van der Waals surface area contributed by atoms with Gasteiger partial charge in [-0.1, -0.05) is 42.5 Å². The molecule has 1 amide bonds. The van der Waals surface area contributed by atoms with Crippen molar-refractivity contribution in [2.75, 3.05) is 44.2 Å².